The highest BCUT2D eigenvalue weighted by atomic mass is 32.2. The molecule has 0 radical (unpaired) electrons. The van der Waals surface area contributed by atoms with Gasteiger partial charge in [-0.25, -0.2) is 0 Å². The molecule has 1 rings (SSSR count). The lowest BCUT2D eigenvalue weighted by atomic mass is 10.3. The second kappa shape index (κ2) is 4.99. The van der Waals surface area contributed by atoms with Crippen LogP contribution < -0.4 is 9.92 Å². The number of hydrogen-bond acceptors (Lipinski definition) is 5. The van der Waals surface area contributed by atoms with Gasteiger partial charge in [0, 0.05) is 11.8 Å². The first-order valence-electron chi connectivity index (χ1n) is 4.51. The van der Waals surface area contributed by atoms with Gasteiger partial charge in [0.05, 0.1) is 6.61 Å². The molecule has 1 atom stereocenters. The molecular weight excluding hydrogens is 216 g/mol. The summed E-state index contributed by atoms with van der Waals surface area (Å²) >= 11 is 0. The van der Waals surface area contributed by atoms with E-state index in [9.17, 15) is 4.21 Å². The second-order valence-electron chi connectivity index (χ2n) is 2.93. The molecule has 0 aliphatic carbocycles. The van der Waals surface area contributed by atoms with Gasteiger partial charge in [-0.2, -0.15) is 8.99 Å². The Labute approximate surface area is 89.6 Å². The lowest BCUT2D eigenvalue weighted by Crippen LogP contribution is -2.12. The minimum absolute atomic E-state index is 0.227. The van der Waals surface area contributed by atoms with E-state index in [0.717, 1.165) is 0 Å². The number of benzene rings is 1. The van der Waals surface area contributed by atoms with Gasteiger partial charge in [-0.15, -0.1) is 0 Å². The Hall–Kier alpha value is -1.27. The highest BCUT2D eigenvalue weighted by Crippen LogP contribution is 2.17. The van der Waals surface area contributed by atoms with Gasteiger partial charge >= 0.3 is 10.3 Å². The molecule has 0 bridgehead atoms. The van der Waals surface area contributed by atoms with Crippen LogP contribution in [0.3, 0.4) is 0 Å². The summed E-state index contributed by atoms with van der Waals surface area (Å²) in [4.78, 5) is 0. The third-order valence-corrected chi connectivity index (χ3v) is 2.40. The monoisotopic (exact) mass is 230 g/mol. The van der Waals surface area contributed by atoms with Crippen LogP contribution in [0.1, 0.15) is 13.3 Å². The van der Waals surface area contributed by atoms with Gasteiger partial charge in [-0.05, 0) is 18.6 Å². The molecule has 6 heteroatoms. The van der Waals surface area contributed by atoms with Gasteiger partial charge in [0.2, 0.25) is 0 Å². The fraction of sp³-hybridized carbons (Fsp3) is 0.333. The molecule has 0 fully saturated rings. The Balaban J connectivity index is 2.69. The Kier molecular flexibility index (Phi) is 3.93. The van der Waals surface area contributed by atoms with Crippen LogP contribution in [-0.4, -0.2) is 10.8 Å². The molecule has 15 heavy (non-hydrogen) atoms. The molecule has 0 heterocycles. The number of nitrogen functional groups attached to an aromatic ring is 1. The van der Waals surface area contributed by atoms with Crippen LogP contribution in [0.25, 0.3) is 0 Å². The topological polar surface area (TPSA) is 85.4 Å². The lowest BCUT2D eigenvalue weighted by Gasteiger charge is -2.09. The average Bonchev–Trinajstić information content (AvgIpc) is 2.14. The molecule has 0 saturated heterocycles. The first-order valence-corrected chi connectivity index (χ1v) is 5.92. The summed E-state index contributed by atoms with van der Waals surface area (Å²) in [6, 6.07) is 6.38. The van der Waals surface area contributed by atoms with Crippen LogP contribution >= 0.6 is 0 Å². The minimum Gasteiger partial charge on any atom is -0.399 e. The van der Waals surface area contributed by atoms with Gasteiger partial charge in [0.25, 0.3) is 0 Å². The zero-order chi connectivity index (χ0) is 11.3. The molecule has 1 aromatic carbocycles. The quantitative estimate of drug-likeness (QED) is 0.757. The molecule has 5 nitrogen and oxygen atoms in total. The lowest BCUT2D eigenvalue weighted by molar-refractivity contribution is 0.299. The molecule has 0 saturated carbocycles. The van der Waals surface area contributed by atoms with Crippen molar-refractivity contribution in [3.8, 4) is 5.75 Å². The van der Waals surface area contributed by atoms with E-state index >= 15 is 0 Å². The molecular formula is C9H14N2O3S. The van der Waals surface area contributed by atoms with Crippen molar-refractivity contribution in [3.63, 3.8) is 0 Å². The van der Waals surface area contributed by atoms with Crippen molar-refractivity contribution < 1.29 is 12.6 Å². The van der Waals surface area contributed by atoms with Crippen molar-refractivity contribution in [2.75, 3.05) is 12.3 Å². The fourth-order valence-corrected chi connectivity index (χ4v) is 1.70. The predicted octanol–water partition coefficient (Wildman–Crippen LogP) is 1.95. The molecule has 0 amide bonds. The maximum absolute atomic E-state index is 11.4. The van der Waals surface area contributed by atoms with Crippen molar-refractivity contribution in [2.24, 2.45) is 0 Å². The van der Waals surface area contributed by atoms with Crippen molar-refractivity contribution >= 4 is 16.0 Å². The zero-order valence-electron chi connectivity index (χ0n) is 8.43. The van der Waals surface area contributed by atoms with E-state index < -0.39 is 10.3 Å². The van der Waals surface area contributed by atoms with Crippen molar-refractivity contribution in [3.05, 3.63) is 24.3 Å². The van der Waals surface area contributed by atoms with Crippen molar-refractivity contribution in [2.45, 2.75) is 13.3 Å². The summed E-state index contributed by atoms with van der Waals surface area (Å²) in [5.74, 6) is 0.270. The molecule has 0 aliphatic heterocycles. The van der Waals surface area contributed by atoms with Gasteiger partial charge in [-0.3, -0.25) is 4.18 Å². The third-order valence-electron chi connectivity index (χ3n) is 1.51. The van der Waals surface area contributed by atoms with Crippen LogP contribution in [0.15, 0.2) is 24.3 Å². The van der Waals surface area contributed by atoms with Crippen molar-refractivity contribution in [1.82, 2.24) is 0 Å². The van der Waals surface area contributed by atoms with Crippen LogP contribution in [0, 0.1) is 4.78 Å². The molecule has 0 spiro atoms. The van der Waals surface area contributed by atoms with E-state index in [4.69, 9.17) is 18.9 Å². The Morgan fingerprint density at radius 1 is 1.53 bits per heavy atom. The molecule has 84 valence electrons. The summed E-state index contributed by atoms with van der Waals surface area (Å²) in [5.41, 5.74) is 5.99. The number of nitrogens with one attached hydrogen (secondary N) is 1. The normalized spacial score (nSPS) is 14.5. The molecule has 3 N–H and O–H groups in total. The predicted molar refractivity (Wildman–Crippen MR) is 58.6 cm³/mol. The van der Waals surface area contributed by atoms with Gasteiger partial charge in [-0.1, -0.05) is 13.0 Å². The summed E-state index contributed by atoms with van der Waals surface area (Å²) in [6.07, 6.45) is 0.677. The van der Waals surface area contributed by atoms with E-state index in [-0.39, 0.29) is 12.4 Å². The molecule has 1 unspecified atom stereocenters. The van der Waals surface area contributed by atoms with E-state index in [1.54, 1.807) is 18.2 Å². The van der Waals surface area contributed by atoms with Crippen molar-refractivity contribution in [1.29, 1.82) is 4.78 Å². The zero-order valence-corrected chi connectivity index (χ0v) is 9.25. The van der Waals surface area contributed by atoms with Crippen LogP contribution in [-0.2, 0) is 14.5 Å². The van der Waals surface area contributed by atoms with Crippen LogP contribution in [0.2, 0.25) is 0 Å². The molecule has 1 aromatic rings. The summed E-state index contributed by atoms with van der Waals surface area (Å²) in [5, 5.41) is 0. The number of nitrogens with two attached hydrogens (primary N) is 1. The van der Waals surface area contributed by atoms with E-state index in [0.29, 0.717) is 12.1 Å². The summed E-state index contributed by atoms with van der Waals surface area (Å²) in [6.45, 7) is 2.08. The van der Waals surface area contributed by atoms with Crippen LogP contribution in [0.5, 0.6) is 5.75 Å². The smallest absolute Gasteiger partial charge is 0.336 e. The van der Waals surface area contributed by atoms with E-state index in [1.807, 2.05) is 6.92 Å². The van der Waals surface area contributed by atoms with Crippen LogP contribution in [0.4, 0.5) is 5.69 Å². The van der Waals surface area contributed by atoms with E-state index in [1.165, 1.54) is 6.07 Å². The first-order chi connectivity index (χ1) is 7.03. The third kappa shape index (κ3) is 4.18. The van der Waals surface area contributed by atoms with Gasteiger partial charge in [0.1, 0.15) is 5.75 Å². The Bertz CT molecular complexity index is 417. The Morgan fingerprint density at radius 2 is 2.27 bits per heavy atom. The molecule has 0 aromatic heterocycles. The number of rotatable bonds is 5. The highest BCUT2D eigenvalue weighted by molar-refractivity contribution is 7.83. The number of hydrogen-bond donors (Lipinski definition) is 2. The SMILES string of the molecule is CCCOS(=N)(=O)Oc1cccc(N)c1. The maximum Gasteiger partial charge on any atom is 0.336 e. The number of anilines is 1. The second-order valence-corrected chi connectivity index (χ2v) is 4.24. The summed E-state index contributed by atoms with van der Waals surface area (Å²) < 4.78 is 28.3. The average molecular weight is 230 g/mol. The molecule has 0 aliphatic rings. The maximum atomic E-state index is 11.4. The summed E-state index contributed by atoms with van der Waals surface area (Å²) in [7, 11) is -3.47. The van der Waals surface area contributed by atoms with Gasteiger partial charge in [0.15, 0.2) is 0 Å². The first kappa shape index (κ1) is 11.8. The standard InChI is InChI=1S/C9H14N2O3S/c1-2-6-13-15(11,12)14-9-5-3-4-8(10)7-9/h3-5,7,11H,2,6,10H2,1H3. The van der Waals surface area contributed by atoms with Gasteiger partial charge < -0.3 is 9.92 Å². The minimum atomic E-state index is -3.47. The largest absolute Gasteiger partial charge is 0.399 e. The van der Waals surface area contributed by atoms with E-state index in [2.05, 4.69) is 0 Å². The highest BCUT2D eigenvalue weighted by Gasteiger charge is 2.08. The fourth-order valence-electron chi connectivity index (χ4n) is 0.910. The Morgan fingerprint density at radius 3 is 2.87 bits per heavy atom.